The van der Waals surface area contributed by atoms with Crippen LogP contribution < -0.4 is 0 Å². The van der Waals surface area contributed by atoms with E-state index in [0.29, 0.717) is 5.92 Å². The molecule has 1 nitrogen and oxygen atoms in total. The Bertz CT molecular complexity index is 359. The first-order valence-electron chi connectivity index (χ1n) is 5.68. The SMILES string of the molecule is CC(C)c1ccc(C(Cl)COCC(F)(F)F)cc1. The Morgan fingerprint density at radius 1 is 1.11 bits per heavy atom. The van der Waals surface area contributed by atoms with E-state index < -0.39 is 18.2 Å². The first kappa shape index (κ1) is 15.3. The summed E-state index contributed by atoms with van der Waals surface area (Å²) in [4.78, 5) is 0. The van der Waals surface area contributed by atoms with Gasteiger partial charge in [-0.15, -0.1) is 11.6 Å². The van der Waals surface area contributed by atoms with E-state index >= 15 is 0 Å². The average molecular weight is 281 g/mol. The fourth-order valence-electron chi connectivity index (χ4n) is 1.46. The van der Waals surface area contributed by atoms with Gasteiger partial charge in [-0.05, 0) is 17.0 Å². The van der Waals surface area contributed by atoms with Gasteiger partial charge in [0.05, 0.1) is 12.0 Å². The van der Waals surface area contributed by atoms with Crippen LogP contribution in [0.2, 0.25) is 0 Å². The van der Waals surface area contributed by atoms with Crippen LogP contribution in [-0.2, 0) is 4.74 Å². The van der Waals surface area contributed by atoms with Crippen molar-refractivity contribution in [3.05, 3.63) is 35.4 Å². The van der Waals surface area contributed by atoms with Gasteiger partial charge in [-0.3, -0.25) is 0 Å². The van der Waals surface area contributed by atoms with E-state index in [2.05, 4.69) is 18.6 Å². The van der Waals surface area contributed by atoms with Crippen LogP contribution in [0.3, 0.4) is 0 Å². The van der Waals surface area contributed by atoms with E-state index in [-0.39, 0.29) is 6.61 Å². The molecule has 0 spiro atoms. The predicted octanol–water partition coefficient (Wildman–Crippen LogP) is 4.67. The van der Waals surface area contributed by atoms with Crippen molar-refractivity contribution >= 4 is 11.6 Å². The quantitative estimate of drug-likeness (QED) is 0.712. The lowest BCUT2D eigenvalue weighted by molar-refractivity contribution is -0.173. The van der Waals surface area contributed by atoms with Gasteiger partial charge in [0.1, 0.15) is 6.61 Å². The van der Waals surface area contributed by atoms with E-state index in [0.717, 1.165) is 5.56 Å². The molecule has 1 atom stereocenters. The minimum absolute atomic E-state index is 0.151. The molecule has 5 heteroatoms. The van der Waals surface area contributed by atoms with Crippen LogP contribution in [0, 0.1) is 0 Å². The summed E-state index contributed by atoms with van der Waals surface area (Å²) in [7, 11) is 0. The Kier molecular flexibility index (Phi) is 5.47. The smallest absolute Gasteiger partial charge is 0.370 e. The molecule has 0 N–H and O–H groups in total. The second kappa shape index (κ2) is 6.43. The Balaban J connectivity index is 2.49. The second-order valence-electron chi connectivity index (χ2n) is 4.42. The maximum absolute atomic E-state index is 11.9. The molecule has 0 heterocycles. The van der Waals surface area contributed by atoms with Crippen molar-refractivity contribution in [1.29, 1.82) is 0 Å². The van der Waals surface area contributed by atoms with E-state index in [9.17, 15) is 13.2 Å². The highest BCUT2D eigenvalue weighted by molar-refractivity contribution is 6.20. The highest BCUT2D eigenvalue weighted by atomic mass is 35.5. The highest BCUT2D eigenvalue weighted by Crippen LogP contribution is 2.24. The zero-order chi connectivity index (χ0) is 13.8. The molecule has 0 aliphatic rings. The number of rotatable bonds is 5. The number of ether oxygens (including phenoxy) is 1. The van der Waals surface area contributed by atoms with E-state index in [4.69, 9.17) is 11.6 Å². The number of halogens is 4. The maximum Gasteiger partial charge on any atom is 0.411 e. The molecule has 102 valence electrons. The summed E-state index contributed by atoms with van der Waals surface area (Å²) < 4.78 is 40.2. The van der Waals surface area contributed by atoms with Gasteiger partial charge < -0.3 is 4.74 Å². The van der Waals surface area contributed by atoms with E-state index in [1.165, 1.54) is 5.56 Å². The molecular weight excluding hydrogens is 265 g/mol. The Morgan fingerprint density at radius 3 is 2.06 bits per heavy atom. The van der Waals surface area contributed by atoms with Crippen LogP contribution in [0.1, 0.15) is 36.3 Å². The monoisotopic (exact) mass is 280 g/mol. The van der Waals surface area contributed by atoms with Gasteiger partial charge in [0.15, 0.2) is 0 Å². The summed E-state index contributed by atoms with van der Waals surface area (Å²) in [5, 5.41) is -0.562. The molecule has 0 bridgehead atoms. The van der Waals surface area contributed by atoms with E-state index in [1.54, 1.807) is 0 Å². The summed E-state index contributed by atoms with van der Waals surface area (Å²) in [6.45, 7) is 2.72. The van der Waals surface area contributed by atoms with Gasteiger partial charge >= 0.3 is 6.18 Å². The highest BCUT2D eigenvalue weighted by Gasteiger charge is 2.27. The van der Waals surface area contributed by atoms with Gasteiger partial charge in [-0.2, -0.15) is 13.2 Å². The fraction of sp³-hybridized carbons (Fsp3) is 0.538. The molecule has 0 aromatic heterocycles. The van der Waals surface area contributed by atoms with Crippen molar-refractivity contribution in [3.8, 4) is 0 Å². The standard InChI is InChI=1S/C13H16ClF3O/c1-9(2)10-3-5-11(6-4-10)12(14)7-18-8-13(15,16)17/h3-6,9,12H,7-8H2,1-2H3. The first-order chi connectivity index (χ1) is 8.29. The van der Waals surface area contributed by atoms with Crippen molar-refractivity contribution < 1.29 is 17.9 Å². The molecule has 1 rings (SSSR count). The molecule has 0 saturated carbocycles. The molecule has 0 saturated heterocycles. The van der Waals surface area contributed by atoms with Gasteiger partial charge in [0.25, 0.3) is 0 Å². The number of hydrogen-bond donors (Lipinski definition) is 0. The molecule has 1 aromatic rings. The largest absolute Gasteiger partial charge is 0.411 e. The third-order valence-corrected chi connectivity index (χ3v) is 2.87. The van der Waals surface area contributed by atoms with Gasteiger partial charge in [0, 0.05) is 0 Å². The third kappa shape index (κ3) is 5.27. The lowest BCUT2D eigenvalue weighted by Gasteiger charge is -2.13. The lowest BCUT2D eigenvalue weighted by Crippen LogP contribution is -2.18. The van der Waals surface area contributed by atoms with Gasteiger partial charge in [-0.25, -0.2) is 0 Å². The first-order valence-corrected chi connectivity index (χ1v) is 6.11. The van der Waals surface area contributed by atoms with Gasteiger partial charge in [0.2, 0.25) is 0 Å². The number of alkyl halides is 4. The Labute approximate surface area is 110 Å². The zero-order valence-corrected chi connectivity index (χ0v) is 11.1. The summed E-state index contributed by atoms with van der Waals surface area (Å²) >= 11 is 5.97. The third-order valence-electron chi connectivity index (χ3n) is 2.49. The maximum atomic E-state index is 11.9. The Morgan fingerprint density at radius 2 is 1.61 bits per heavy atom. The Hall–Kier alpha value is -0.740. The molecule has 0 aliphatic carbocycles. The van der Waals surface area contributed by atoms with Crippen molar-refractivity contribution in [2.24, 2.45) is 0 Å². The molecule has 18 heavy (non-hydrogen) atoms. The molecule has 0 aliphatic heterocycles. The van der Waals surface area contributed by atoms with Crippen LogP contribution in [-0.4, -0.2) is 19.4 Å². The molecular formula is C13H16ClF3O. The summed E-state index contributed by atoms with van der Waals surface area (Å²) in [5.41, 5.74) is 1.93. The van der Waals surface area contributed by atoms with Crippen molar-refractivity contribution in [2.75, 3.05) is 13.2 Å². The van der Waals surface area contributed by atoms with Crippen LogP contribution in [0.15, 0.2) is 24.3 Å². The zero-order valence-electron chi connectivity index (χ0n) is 10.3. The second-order valence-corrected chi connectivity index (χ2v) is 4.95. The van der Waals surface area contributed by atoms with Crippen molar-refractivity contribution in [1.82, 2.24) is 0 Å². The molecule has 1 aromatic carbocycles. The lowest BCUT2D eigenvalue weighted by atomic mass is 10.0. The van der Waals surface area contributed by atoms with Crippen LogP contribution in [0.25, 0.3) is 0 Å². The number of benzene rings is 1. The van der Waals surface area contributed by atoms with Crippen LogP contribution in [0.5, 0.6) is 0 Å². The molecule has 1 unspecified atom stereocenters. The van der Waals surface area contributed by atoms with Crippen molar-refractivity contribution in [3.63, 3.8) is 0 Å². The predicted molar refractivity (Wildman–Crippen MR) is 66.0 cm³/mol. The molecule has 0 radical (unpaired) electrons. The normalized spacial score (nSPS) is 13.9. The van der Waals surface area contributed by atoms with Crippen molar-refractivity contribution in [2.45, 2.75) is 31.3 Å². The molecule has 0 fully saturated rings. The molecule has 0 amide bonds. The fourth-order valence-corrected chi connectivity index (χ4v) is 1.70. The average Bonchev–Trinajstić information content (AvgIpc) is 2.27. The minimum Gasteiger partial charge on any atom is -0.370 e. The summed E-state index contributed by atoms with van der Waals surface area (Å²) in [6, 6.07) is 7.51. The number of hydrogen-bond acceptors (Lipinski definition) is 1. The topological polar surface area (TPSA) is 9.23 Å². The van der Waals surface area contributed by atoms with E-state index in [1.807, 2.05) is 24.3 Å². The van der Waals surface area contributed by atoms with Crippen LogP contribution in [0.4, 0.5) is 13.2 Å². The summed E-state index contributed by atoms with van der Waals surface area (Å²) in [5.74, 6) is 0.411. The minimum atomic E-state index is -4.31. The summed E-state index contributed by atoms with van der Waals surface area (Å²) in [6.07, 6.45) is -4.31. The van der Waals surface area contributed by atoms with Crippen LogP contribution >= 0.6 is 11.6 Å². The van der Waals surface area contributed by atoms with Gasteiger partial charge in [-0.1, -0.05) is 38.1 Å².